The Labute approximate surface area is 122 Å². The number of hydrogen-bond donors (Lipinski definition) is 1. The van der Waals surface area contributed by atoms with Crippen molar-refractivity contribution < 1.29 is 13.6 Å². The highest BCUT2D eigenvalue weighted by molar-refractivity contribution is 9.10. The van der Waals surface area contributed by atoms with Gasteiger partial charge in [0.25, 0.3) is 5.91 Å². The van der Waals surface area contributed by atoms with Crippen LogP contribution in [0.1, 0.15) is 23.1 Å². The lowest BCUT2D eigenvalue weighted by atomic mass is 10.2. The van der Waals surface area contributed by atoms with Crippen LogP contribution in [-0.2, 0) is 13.5 Å². The van der Waals surface area contributed by atoms with Gasteiger partial charge in [-0.1, -0.05) is 22.9 Å². The number of halogens is 3. The van der Waals surface area contributed by atoms with E-state index in [4.69, 9.17) is 0 Å². The van der Waals surface area contributed by atoms with Crippen molar-refractivity contribution in [1.82, 2.24) is 9.78 Å². The molecule has 1 amide bonds. The van der Waals surface area contributed by atoms with Crippen LogP contribution in [0.4, 0.5) is 14.5 Å². The Morgan fingerprint density at radius 2 is 1.95 bits per heavy atom. The molecule has 20 heavy (non-hydrogen) atoms. The van der Waals surface area contributed by atoms with E-state index in [-0.39, 0.29) is 10.2 Å². The second kappa shape index (κ2) is 5.70. The normalized spacial score (nSPS) is 10.7. The minimum atomic E-state index is -0.844. The highest BCUT2D eigenvalue weighted by atomic mass is 79.9. The van der Waals surface area contributed by atoms with Gasteiger partial charge in [-0.25, -0.2) is 8.78 Å². The summed E-state index contributed by atoms with van der Waals surface area (Å²) in [4.78, 5) is 12.0. The van der Waals surface area contributed by atoms with Crippen LogP contribution in [-0.4, -0.2) is 15.7 Å². The van der Waals surface area contributed by atoms with Gasteiger partial charge in [0.15, 0.2) is 11.6 Å². The van der Waals surface area contributed by atoms with Crippen LogP contribution in [0.2, 0.25) is 0 Å². The van der Waals surface area contributed by atoms with Crippen molar-refractivity contribution in [1.29, 1.82) is 0 Å². The summed E-state index contributed by atoms with van der Waals surface area (Å²) in [5, 5.41) is 6.34. The Kier molecular flexibility index (Phi) is 4.17. The maximum atomic E-state index is 13.7. The lowest BCUT2D eigenvalue weighted by molar-refractivity contribution is 0.101. The van der Waals surface area contributed by atoms with E-state index in [9.17, 15) is 13.6 Å². The molecule has 1 N–H and O–H groups in total. The fraction of sp³-hybridized carbons (Fsp3) is 0.231. The first-order chi connectivity index (χ1) is 9.42. The number of benzene rings is 1. The molecule has 1 aromatic heterocycles. The Morgan fingerprint density at radius 3 is 2.45 bits per heavy atom. The minimum absolute atomic E-state index is 0.239. The number of aromatic nitrogens is 2. The number of hydrogen-bond acceptors (Lipinski definition) is 2. The summed E-state index contributed by atoms with van der Waals surface area (Å²) in [5.41, 5.74) is 0.496. The lowest BCUT2D eigenvalue weighted by Gasteiger charge is -2.08. The third-order valence-electron chi connectivity index (χ3n) is 2.77. The topological polar surface area (TPSA) is 46.9 Å². The molecule has 4 nitrogen and oxygen atoms in total. The predicted molar refractivity (Wildman–Crippen MR) is 74.6 cm³/mol. The van der Waals surface area contributed by atoms with E-state index >= 15 is 0 Å². The Balaban J connectivity index is 2.30. The number of aryl methyl sites for hydroxylation is 2. The monoisotopic (exact) mass is 343 g/mol. The molecule has 0 atom stereocenters. The molecule has 106 valence electrons. The van der Waals surface area contributed by atoms with Crippen molar-refractivity contribution in [3.8, 4) is 0 Å². The number of anilines is 1. The highest BCUT2D eigenvalue weighted by Crippen LogP contribution is 2.24. The van der Waals surface area contributed by atoms with Crippen LogP contribution in [0.3, 0.4) is 0 Å². The zero-order valence-electron chi connectivity index (χ0n) is 10.9. The first-order valence-corrected chi connectivity index (χ1v) is 6.70. The maximum absolute atomic E-state index is 13.7. The van der Waals surface area contributed by atoms with Gasteiger partial charge in [0, 0.05) is 11.5 Å². The molecule has 7 heteroatoms. The molecule has 2 rings (SSSR count). The summed E-state index contributed by atoms with van der Waals surface area (Å²) in [6, 6.07) is 3.75. The largest absolute Gasteiger partial charge is 0.316 e. The summed E-state index contributed by atoms with van der Waals surface area (Å²) in [6.07, 6.45) is 0.669. The smallest absolute Gasteiger partial charge is 0.274 e. The van der Waals surface area contributed by atoms with Crippen molar-refractivity contribution in [2.24, 2.45) is 7.05 Å². The predicted octanol–water partition coefficient (Wildman–Crippen LogP) is 3.28. The molecule has 0 saturated heterocycles. The standard InChI is InChI=1S/C13H12BrF2N3O/c1-3-8-6-11(19(2)18-8)13(20)17-12-9(15)4-7(14)5-10(12)16/h4-6H,3H2,1-2H3,(H,17,20). The molecule has 0 radical (unpaired) electrons. The van der Waals surface area contributed by atoms with Crippen molar-refractivity contribution in [3.63, 3.8) is 0 Å². The number of nitrogens with zero attached hydrogens (tertiary/aromatic N) is 2. The molecule has 0 unspecified atom stereocenters. The summed E-state index contributed by atoms with van der Waals surface area (Å²) >= 11 is 2.98. The third-order valence-corrected chi connectivity index (χ3v) is 3.23. The summed E-state index contributed by atoms with van der Waals surface area (Å²) < 4.78 is 28.9. The number of nitrogens with one attached hydrogen (secondary N) is 1. The summed E-state index contributed by atoms with van der Waals surface area (Å²) in [6.45, 7) is 1.90. The first-order valence-electron chi connectivity index (χ1n) is 5.91. The average molecular weight is 344 g/mol. The zero-order valence-corrected chi connectivity index (χ0v) is 12.5. The molecular weight excluding hydrogens is 332 g/mol. The minimum Gasteiger partial charge on any atom is -0.316 e. The number of amides is 1. The molecule has 0 fully saturated rings. The summed E-state index contributed by atoms with van der Waals surface area (Å²) in [5.74, 6) is -2.30. The molecule has 0 aliphatic heterocycles. The van der Waals surface area contributed by atoms with Gasteiger partial charge in [-0.15, -0.1) is 0 Å². The van der Waals surface area contributed by atoms with E-state index in [0.29, 0.717) is 6.42 Å². The molecule has 0 saturated carbocycles. The molecule has 1 heterocycles. The molecule has 0 bridgehead atoms. The van der Waals surface area contributed by atoms with E-state index in [1.54, 1.807) is 13.1 Å². The van der Waals surface area contributed by atoms with Crippen molar-refractivity contribution in [3.05, 3.63) is 45.7 Å². The van der Waals surface area contributed by atoms with Gasteiger partial charge in [0.05, 0.1) is 5.69 Å². The molecule has 0 aliphatic carbocycles. The van der Waals surface area contributed by atoms with Gasteiger partial charge in [-0.05, 0) is 24.6 Å². The second-order valence-corrected chi connectivity index (χ2v) is 5.11. The van der Waals surface area contributed by atoms with Gasteiger partial charge in [0.1, 0.15) is 11.4 Å². The average Bonchev–Trinajstić information content (AvgIpc) is 2.75. The van der Waals surface area contributed by atoms with Crippen LogP contribution in [0.15, 0.2) is 22.7 Å². The number of carbonyl (C=O) groups is 1. The first kappa shape index (κ1) is 14.6. The van der Waals surface area contributed by atoms with E-state index < -0.39 is 23.2 Å². The maximum Gasteiger partial charge on any atom is 0.274 e. The molecule has 2 aromatic rings. The Morgan fingerprint density at radius 1 is 1.35 bits per heavy atom. The molecule has 1 aromatic carbocycles. The second-order valence-electron chi connectivity index (χ2n) is 4.20. The van der Waals surface area contributed by atoms with E-state index in [0.717, 1.165) is 17.8 Å². The Hall–Kier alpha value is -1.76. The van der Waals surface area contributed by atoms with Gasteiger partial charge >= 0.3 is 0 Å². The van der Waals surface area contributed by atoms with Crippen LogP contribution in [0, 0.1) is 11.6 Å². The number of rotatable bonds is 3. The molecular formula is C13H12BrF2N3O. The van der Waals surface area contributed by atoms with Gasteiger partial charge in [0.2, 0.25) is 0 Å². The van der Waals surface area contributed by atoms with Crippen LogP contribution in [0.25, 0.3) is 0 Å². The van der Waals surface area contributed by atoms with Crippen molar-refractivity contribution in [2.45, 2.75) is 13.3 Å². The summed E-state index contributed by atoms with van der Waals surface area (Å²) in [7, 11) is 1.60. The van der Waals surface area contributed by atoms with Gasteiger partial charge < -0.3 is 5.32 Å². The van der Waals surface area contributed by atoms with Crippen molar-refractivity contribution >= 4 is 27.5 Å². The fourth-order valence-corrected chi connectivity index (χ4v) is 2.15. The van der Waals surface area contributed by atoms with Crippen LogP contribution >= 0.6 is 15.9 Å². The lowest BCUT2D eigenvalue weighted by Crippen LogP contribution is -2.17. The van der Waals surface area contributed by atoms with Gasteiger partial charge in [-0.3, -0.25) is 9.48 Å². The number of carbonyl (C=O) groups excluding carboxylic acids is 1. The van der Waals surface area contributed by atoms with Crippen LogP contribution < -0.4 is 5.32 Å². The van der Waals surface area contributed by atoms with E-state index in [1.165, 1.54) is 4.68 Å². The fourth-order valence-electron chi connectivity index (χ4n) is 1.75. The van der Waals surface area contributed by atoms with Gasteiger partial charge in [-0.2, -0.15) is 5.10 Å². The zero-order chi connectivity index (χ0) is 14.9. The Bertz CT molecular complexity index is 647. The van der Waals surface area contributed by atoms with E-state index in [2.05, 4.69) is 26.3 Å². The van der Waals surface area contributed by atoms with E-state index in [1.807, 2.05) is 6.92 Å². The van der Waals surface area contributed by atoms with Crippen LogP contribution in [0.5, 0.6) is 0 Å². The van der Waals surface area contributed by atoms with Crippen molar-refractivity contribution in [2.75, 3.05) is 5.32 Å². The quantitative estimate of drug-likeness (QED) is 0.929. The molecule has 0 aliphatic rings. The molecule has 0 spiro atoms. The SMILES string of the molecule is CCc1cc(C(=O)Nc2c(F)cc(Br)cc2F)n(C)n1. The highest BCUT2D eigenvalue weighted by Gasteiger charge is 2.17. The third kappa shape index (κ3) is 2.87.